The summed E-state index contributed by atoms with van der Waals surface area (Å²) in [6.45, 7) is 1.81. The fraction of sp³-hybridized carbons (Fsp3) is 0.238. The van der Waals surface area contributed by atoms with Crippen LogP contribution in [0.5, 0.6) is 5.75 Å². The molecule has 34 heavy (non-hydrogen) atoms. The topological polar surface area (TPSA) is 161 Å². The van der Waals surface area contributed by atoms with Crippen LogP contribution in [0.2, 0.25) is 0 Å². The molecule has 0 atom stereocenters. The monoisotopic (exact) mass is 492 g/mol. The number of carbonyl (C=O) groups is 3. The van der Waals surface area contributed by atoms with Gasteiger partial charge in [0.15, 0.2) is 0 Å². The van der Waals surface area contributed by atoms with E-state index in [2.05, 4.69) is 30.4 Å². The van der Waals surface area contributed by atoms with E-state index in [-0.39, 0.29) is 34.3 Å². The molecule has 12 nitrogen and oxygen atoms in total. The van der Waals surface area contributed by atoms with Gasteiger partial charge in [0.1, 0.15) is 10.6 Å². The summed E-state index contributed by atoms with van der Waals surface area (Å²) in [6, 6.07) is 11.5. The van der Waals surface area contributed by atoms with E-state index in [0.29, 0.717) is 6.42 Å². The number of alkyl carbamates (subject to hydrolysis) is 2. The molecule has 0 aliphatic carbocycles. The van der Waals surface area contributed by atoms with E-state index in [9.17, 15) is 22.8 Å². The quantitative estimate of drug-likeness (QED) is 0.302. The number of anilines is 1. The first-order chi connectivity index (χ1) is 16.2. The van der Waals surface area contributed by atoms with Crippen LogP contribution in [-0.4, -0.2) is 46.7 Å². The Morgan fingerprint density at radius 3 is 2.12 bits per heavy atom. The summed E-state index contributed by atoms with van der Waals surface area (Å²) >= 11 is 0. The Morgan fingerprint density at radius 2 is 1.56 bits per heavy atom. The Bertz CT molecular complexity index is 1150. The van der Waals surface area contributed by atoms with Gasteiger partial charge in [0.25, 0.3) is 0 Å². The van der Waals surface area contributed by atoms with Crippen molar-refractivity contribution in [1.29, 1.82) is 0 Å². The van der Waals surface area contributed by atoms with Gasteiger partial charge in [-0.1, -0.05) is 25.1 Å². The average Bonchev–Trinajstić information content (AvgIpc) is 2.80. The highest BCUT2D eigenvalue weighted by molar-refractivity contribution is 7.87. The number of aliphatic imine (C=N–C) groups is 1. The van der Waals surface area contributed by atoms with Crippen molar-refractivity contribution in [2.45, 2.75) is 24.7 Å². The van der Waals surface area contributed by atoms with Crippen molar-refractivity contribution >= 4 is 45.5 Å². The van der Waals surface area contributed by atoms with Crippen LogP contribution in [0.25, 0.3) is 0 Å². The van der Waals surface area contributed by atoms with Crippen molar-refractivity contribution in [2.24, 2.45) is 4.99 Å². The summed E-state index contributed by atoms with van der Waals surface area (Å²) in [6.07, 6.45) is -1.17. The number of benzene rings is 2. The normalized spacial score (nSPS) is 10.4. The van der Waals surface area contributed by atoms with E-state index in [4.69, 9.17) is 4.18 Å². The molecule has 0 bridgehead atoms. The maximum Gasteiger partial charge on any atom is 0.413 e. The number of guanidine groups is 1. The van der Waals surface area contributed by atoms with Crippen LogP contribution in [0.4, 0.5) is 21.0 Å². The van der Waals surface area contributed by atoms with E-state index in [0.717, 1.165) is 20.3 Å². The second-order valence-corrected chi connectivity index (χ2v) is 8.07. The number of para-hydroxylation sites is 1. The first-order valence-electron chi connectivity index (χ1n) is 9.90. The summed E-state index contributed by atoms with van der Waals surface area (Å²) in [5, 5.41) is 6.95. The fourth-order valence-electron chi connectivity index (χ4n) is 2.46. The fourth-order valence-corrected chi connectivity index (χ4v) is 3.41. The summed E-state index contributed by atoms with van der Waals surface area (Å²) in [5.74, 6) is -0.699. The molecule has 0 saturated carbocycles. The molecule has 3 N–H and O–H groups in total. The highest BCUT2D eigenvalue weighted by atomic mass is 32.2. The predicted octanol–water partition coefficient (Wildman–Crippen LogP) is 2.89. The summed E-state index contributed by atoms with van der Waals surface area (Å²) in [5.41, 5.74) is 0.0120. The van der Waals surface area contributed by atoms with Crippen LogP contribution in [0.1, 0.15) is 19.8 Å². The lowest BCUT2D eigenvalue weighted by Crippen LogP contribution is -2.43. The Kier molecular flexibility index (Phi) is 9.38. The molecule has 0 unspecified atom stereocenters. The van der Waals surface area contributed by atoms with Crippen molar-refractivity contribution in [2.75, 3.05) is 19.5 Å². The van der Waals surface area contributed by atoms with Crippen LogP contribution >= 0.6 is 0 Å². The van der Waals surface area contributed by atoms with Crippen LogP contribution in [0.3, 0.4) is 0 Å². The number of amides is 3. The summed E-state index contributed by atoms with van der Waals surface area (Å²) < 4.78 is 39.7. The lowest BCUT2D eigenvalue weighted by molar-refractivity contribution is -0.116. The molecular weight excluding hydrogens is 468 g/mol. The summed E-state index contributed by atoms with van der Waals surface area (Å²) in [4.78, 5) is 39.3. The van der Waals surface area contributed by atoms with E-state index in [1.807, 2.05) is 6.92 Å². The second-order valence-electron chi connectivity index (χ2n) is 6.52. The van der Waals surface area contributed by atoms with Gasteiger partial charge in [0.05, 0.1) is 25.6 Å². The molecule has 0 fully saturated rings. The number of hydrogen-bond donors (Lipinski definition) is 3. The zero-order chi connectivity index (χ0) is 25.1. The van der Waals surface area contributed by atoms with Gasteiger partial charge in [-0.25, -0.2) is 14.6 Å². The molecule has 3 amide bonds. The van der Waals surface area contributed by atoms with Crippen LogP contribution in [-0.2, 0) is 24.4 Å². The maximum absolute atomic E-state index is 12.8. The molecule has 0 aromatic heterocycles. The van der Waals surface area contributed by atoms with Gasteiger partial charge >= 0.3 is 22.3 Å². The van der Waals surface area contributed by atoms with Crippen molar-refractivity contribution < 1.29 is 36.5 Å². The minimum atomic E-state index is -4.29. The Balaban J connectivity index is 2.54. The largest absolute Gasteiger partial charge is 0.453 e. The molecule has 0 aliphatic rings. The third kappa shape index (κ3) is 7.78. The number of ether oxygens (including phenoxy) is 2. The number of nitrogens with one attached hydrogen (secondary N) is 3. The van der Waals surface area contributed by atoms with Crippen LogP contribution < -0.4 is 20.1 Å². The smallest absolute Gasteiger partial charge is 0.413 e. The Hall–Kier alpha value is -4.13. The second kappa shape index (κ2) is 12.2. The zero-order valence-electron chi connectivity index (χ0n) is 18.7. The zero-order valence-corrected chi connectivity index (χ0v) is 19.5. The highest BCUT2D eigenvalue weighted by Gasteiger charge is 2.20. The molecule has 0 spiro atoms. The molecule has 0 aliphatic heterocycles. The van der Waals surface area contributed by atoms with E-state index >= 15 is 0 Å². The third-order valence-corrected chi connectivity index (χ3v) is 5.25. The summed E-state index contributed by atoms with van der Waals surface area (Å²) in [7, 11) is -2.10. The van der Waals surface area contributed by atoms with Gasteiger partial charge in [0.2, 0.25) is 11.9 Å². The van der Waals surface area contributed by atoms with Crippen molar-refractivity contribution in [3.8, 4) is 5.75 Å². The number of methoxy groups -OCH3 is 2. The molecular formula is C21H24N4O8S. The number of rotatable bonds is 7. The van der Waals surface area contributed by atoms with Crippen LogP contribution in [0, 0.1) is 0 Å². The Labute approximate surface area is 196 Å². The molecule has 0 heterocycles. The molecule has 13 heteroatoms. The average molecular weight is 493 g/mol. The van der Waals surface area contributed by atoms with E-state index in [1.165, 1.54) is 24.3 Å². The van der Waals surface area contributed by atoms with Gasteiger partial charge in [0, 0.05) is 6.42 Å². The lowest BCUT2D eigenvalue weighted by Gasteiger charge is -2.13. The molecule has 0 radical (unpaired) electrons. The minimum Gasteiger partial charge on any atom is -0.453 e. The molecule has 182 valence electrons. The Morgan fingerprint density at radius 1 is 0.941 bits per heavy atom. The minimum absolute atomic E-state index is 0.0910. The lowest BCUT2D eigenvalue weighted by atomic mass is 10.2. The molecule has 0 saturated heterocycles. The van der Waals surface area contributed by atoms with Gasteiger partial charge in [-0.15, -0.1) is 0 Å². The molecule has 2 aromatic rings. The van der Waals surface area contributed by atoms with Gasteiger partial charge in [-0.2, -0.15) is 8.42 Å². The van der Waals surface area contributed by atoms with E-state index < -0.39 is 28.3 Å². The number of carbonyl (C=O) groups excluding carboxylic acids is 3. The number of nitrogens with zero attached hydrogens (tertiary/aromatic N) is 1. The first-order valence-corrected chi connectivity index (χ1v) is 11.3. The predicted molar refractivity (Wildman–Crippen MR) is 122 cm³/mol. The molecule has 2 rings (SSSR count). The standard InChI is InChI=1S/C21H24N4O8S/c1-4-8-18(26)22-16-12-11-15(34(29,30)33-14-9-6-5-7-10-14)13-17(16)23-19(24-20(27)31-2)25-21(28)32-3/h5-7,9-13H,4,8H2,1-3H3,(H,22,26)(H2,23,24,25,27,28). The van der Waals surface area contributed by atoms with Crippen molar-refractivity contribution in [3.05, 3.63) is 48.5 Å². The van der Waals surface area contributed by atoms with Gasteiger partial charge in [-0.3, -0.25) is 15.4 Å². The molecule has 2 aromatic carbocycles. The van der Waals surface area contributed by atoms with Crippen molar-refractivity contribution in [3.63, 3.8) is 0 Å². The van der Waals surface area contributed by atoms with Gasteiger partial charge in [-0.05, 0) is 36.8 Å². The van der Waals surface area contributed by atoms with Crippen molar-refractivity contribution in [1.82, 2.24) is 10.6 Å². The SMILES string of the molecule is CCCC(=O)Nc1ccc(S(=O)(=O)Oc2ccccc2)cc1N=C(NC(=O)OC)NC(=O)OC. The first kappa shape index (κ1) is 26.1. The third-order valence-electron chi connectivity index (χ3n) is 4.00. The van der Waals surface area contributed by atoms with E-state index in [1.54, 1.807) is 18.2 Å². The van der Waals surface area contributed by atoms with Crippen LogP contribution in [0.15, 0.2) is 58.4 Å². The number of hydrogen-bond acceptors (Lipinski definition) is 9. The van der Waals surface area contributed by atoms with Gasteiger partial charge < -0.3 is 19.0 Å². The highest BCUT2D eigenvalue weighted by Crippen LogP contribution is 2.30. The maximum atomic E-state index is 12.8.